The van der Waals surface area contributed by atoms with Gasteiger partial charge in [0, 0.05) is 30.1 Å². The largest absolute Gasteiger partial charge is 0.450 e. The van der Waals surface area contributed by atoms with Gasteiger partial charge in [0.25, 0.3) is 0 Å². The SMILES string of the molecule is CCOC(=O)N1CC2CC(N3CCC(C(=O)NC4(C)CCC4)CC3)CC1C2. The van der Waals surface area contributed by atoms with Crippen LogP contribution in [0.2, 0.25) is 0 Å². The van der Waals surface area contributed by atoms with Crippen molar-refractivity contribution in [3.63, 3.8) is 0 Å². The number of amides is 2. The molecule has 4 rings (SSSR count). The van der Waals surface area contributed by atoms with Crippen LogP contribution in [0.25, 0.3) is 0 Å². The van der Waals surface area contributed by atoms with Gasteiger partial charge in [-0.2, -0.15) is 0 Å². The van der Waals surface area contributed by atoms with Crippen molar-refractivity contribution in [1.29, 1.82) is 0 Å². The Balaban J connectivity index is 1.27. The molecule has 2 saturated heterocycles. The molecule has 4 fully saturated rings. The van der Waals surface area contributed by atoms with Gasteiger partial charge in [0.15, 0.2) is 0 Å². The van der Waals surface area contributed by atoms with Gasteiger partial charge in [-0.1, -0.05) is 0 Å². The lowest BCUT2D eigenvalue weighted by atomic mass is 9.78. The number of ether oxygens (including phenoxy) is 1. The van der Waals surface area contributed by atoms with Crippen LogP contribution >= 0.6 is 0 Å². The van der Waals surface area contributed by atoms with Crippen LogP contribution in [0.1, 0.15) is 65.2 Å². The van der Waals surface area contributed by atoms with Crippen molar-refractivity contribution in [2.24, 2.45) is 11.8 Å². The predicted octanol–water partition coefficient (Wildman–Crippen LogP) is 2.77. The molecule has 2 bridgehead atoms. The first-order chi connectivity index (χ1) is 13.0. The Kier molecular flexibility index (Phi) is 5.36. The average Bonchev–Trinajstić information content (AvgIpc) is 2.94. The third-order valence-electron chi connectivity index (χ3n) is 7.45. The molecule has 6 nitrogen and oxygen atoms in total. The first-order valence-electron chi connectivity index (χ1n) is 11.0. The molecule has 1 N–H and O–H groups in total. The minimum absolute atomic E-state index is 0.0628. The van der Waals surface area contributed by atoms with Crippen molar-refractivity contribution < 1.29 is 14.3 Å². The van der Waals surface area contributed by atoms with Gasteiger partial charge in [0.05, 0.1) is 6.61 Å². The van der Waals surface area contributed by atoms with E-state index in [1.54, 1.807) is 0 Å². The highest BCUT2D eigenvalue weighted by atomic mass is 16.6. The van der Waals surface area contributed by atoms with E-state index < -0.39 is 0 Å². The Morgan fingerprint density at radius 3 is 2.44 bits per heavy atom. The van der Waals surface area contributed by atoms with E-state index in [-0.39, 0.29) is 23.5 Å². The molecule has 3 atom stereocenters. The molecule has 3 unspecified atom stereocenters. The molecule has 2 amide bonds. The van der Waals surface area contributed by atoms with Gasteiger partial charge in [-0.25, -0.2) is 4.79 Å². The Morgan fingerprint density at radius 2 is 1.81 bits per heavy atom. The van der Waals surface area contributed by atoms with Crippen molar-refractivity contribution >= 4 is 12.0 Å². The Bertz CT molecular complexity index is 569. The standard InChI is InChI=1S/C21H35N3O3/c1-3-27-20(26)24-14-15-11-17(13-18(24)12-15)23-9-5-16(6-10-23)19(25)22-21(2)7-4-8-21/h15-18H,3-14H2,1-2H3,(H,22,25). The monoisotopic (exact) mass is 377 g/mol. The summed E-state index contributed by atoms with van der Waals surface area (Å²) in [4.78, 5) is 29.3. The van der Waals surface area contributed by atoms with E-state index in [9.17, 15) is 9.59 Å². The van der Waals surface area contributed by atoms with Crippen LogP contribution in [0.15, 0.2) is 0 Å². The summed E-state index contributed by atoms with van der Waals surface area (Å²) in [6.45, 7) is 7.38. The van der Waals surface area contributed by atoms with Crippen LogP contribution in [0, 0.1) is 11.8 Å². The summed E-state index contributed by atoms with van der Waals surface area (Å²) in [5.41, 5.74) is 0.0628. The van der Waals surface area contributed by atoms with Gasteiger partial charge in [0.1, 0.15) is 0 Å². The van der Waals surface area contributed by atoms with E-state index in [2.05, 4.69) is 17.1 Å². The molecule has 0 aromatic carbocycles. The number of rotatable bonds is 4. The minimum Gasteiger partial charge on any atom is -0.450 e. The van der Waals surface area contributed by atoms with E-state index in [0.29, 0.717) is 24.6 Å². The lowest BCUT2D eigenvalue weighted by molar-refractivity contribution is -0.129. The van der Waals surface area contributed by atoms with Gasteiger partial charge in [0.2, 0.25) is 5.91 Å². The first-order valence-corrected chi connectivity index (χ1v) is 11.0. The van der Waals surface area contributed by atoms with Gasteiger partial charge >= 0.3 is 6.09 Å². The molecule has 0 aromatic rings. The predicted molar refractivity (Wildman–Crippen MR) is 103 cm³/mol. The Labute approximate surface area is 163 Å². The fourth-order valence-corrected chi connectivity index (χ4v) is 5.69. The summed E-state index contributed by atoms with van der Waals surface area (Å²) in [5.74, 6) is 1.06. The van der Waals surface area contributed by atoms with Crippen LogP contribution in [-0.2, 0) is 9.53 Å². The maximum Gasteiger partial charge on any atom is 0.410 e. The summed E-state index contributed by atoms with van der Waals surface area (Å²) in [6.07, 6.45) is 8.66. The number of fused-ring (bicyclic) bond motifs is 2. The third-order valence-corrected chi connectivity index (χ3v) is 7.45. The second-order valence-electron chi connectivity index (χ2n) is 9.45. The molecule has 0 aromatic heterocycles. The topological polar surface area (TPSA) is 61.9 Å². The minimum atomic E-state index is -0.134. The summed E-state index contributed by atoms with van der Waals surface area (Å²) in [5, 5.41) is 3.30. The highest BCUT2D eigenvalue weighted by molar-refractivity contribution is 5.79. The summed E-state index contributed by atoms with van der Waals surface area (Å²) in [6, 6.07) is 0.897. The molecule has 0 radical (unpaired) electrons. The zero-order valence-electron chi connectivity index (χ0n) is 16.9. The molecule has 2 aliphatic carbocycles. The van der Waals surface area contributed by atoms with Crippen molar-refractivity contribution in [2.75, 3.05) is 26.2 Å². The number of carbonyl (C=O) groups is 2. The zero-order chi connectivity index (χ0) is 19.0. The second-order valence-corrected chi connectivity index (χ2v) is 9.45. The number of carbonyl (C=O) groups excluding carboxylic acids is 2. The van der Waals surface area contributed by atoms with Gasteiger partial charge < -0.3 is 19.9 Å². The maximum absolute atomic E-state index is 12.6. The normalized spacial score (nSPS) is 33.4. The fraction of sp³-hybridized carbons (Fsp3) is 0.905. The summed E-state index contributed by atoms with van der Waals surface area (Å²) >= 11 is 0. The lowest BCUT2D eigenvalue weighted by Gasteiger charge is -2.43. The second kappa shape index (κ2) is 7.61. The van der Waals surface area contributed by atoms with E-state index in [1.165, 1.54) is 12.8 Å². The van der Waals surface area contributed by atoms with E-state index in [0.717, 1.165) is 58.2 Å². The Hall–Kier alpha value is -1.30. The third kappa shape index (κ3) is 3.96. The summed E-state index contributed by atoms with van der Waals surface area (Å²) in [7, 11) is 0. The van der Waals surface area contributed by atoms with Crippen LogP contribution in [-0.4, -0.2) is 65.7 Å². The van der Waals surface area contributed by atoms with Crippen LogP contribution in [0.3, 0.4) is 0 Å². The van der Waals surface area contributed by atoms with E-state index >= 15 is 0 Å². The molecule has 0 spiro atoms. The van der Waals surface area contributed by atoms with E-state index in [4.69, 9.17) is 4.74 Å². The zero-order valence-corrected chi connectivity index (χ0v) is 16.9. The number of hydrogen-bond donors (Lipinski definition) is 1. The molecule has 6 heteroatoms. The lowest BCUT2D eigenvalue weighted by Crippen LogP contribution is -2.54. The highest BCUT2D eigenvalue weighted by Gasteiger charge is 2.44. The van der Waals surface area contributed by atoms with Crippen LogP contribution < -0.4 is 5.32 Å². The number of piperidine rings is 1. The van der Waals surface area contributed by atoms with Crippen LogP contribution in [0.4, 0.5) is 4.79 Å². The van der Waals surface area contributed by atoms with Crippen molar-refractivity contribution in [1.82, 2.24) is 15.1 Å². The smallest absolute Gasteiger partial charge is 0.410 e. The fourth-order valence-electron chi connectivity index (χ4n) is 5.69. The number of likely N-dealkylation sites (tertiary alicyclic amines) is 2. The van der Waals surface area contributed by atoms with Gasteiger partial charge in [-0.05, 0) is 84.2 Å². The Morgan fingerprint density at radius 1 is 1.11 bits per heavy atom. The van der Waals surface area contributed by atoms with Gasteiger partial charge in [-0.3, -0.25) is 4.79 Å². The molecule has 2 aliphatic heterocycles. The molecular weight excluding hydrogens is 342 g/mol. The average molecular weight is 378 g/mol. The first kappa shape index (κ1) is 19.0. The van der Waals surface area contributed by atoms with Crippen LogP contribution in [0.5, 0.6) is 0 Å². The molecule has 2 heterocycles. The van der Waals surface area contributed by atoms with Crippen molar-refractivity contribution in [2.45, 2.75) is 82.8 Å². The molecular formula is C21H35N3O3. The quantitative estimate of drug-likeness (QED) is 0.818. The maximum atomic E-state index is 12.6. The summed E-state index contributed by atoms with van der Waals surface area (Å²) < 4.78 is 5.24. The van der Waals surface area contributed by atoms with E-state index in [1.807, 2.05) is 11.8 Å². The molecule has 4 aliphatic rings. The highest BCUT2D eigenvalue weighted by Crippen LogP contribution is 2.39. The number of hydrogen-bond acceptors (Lipinski definition) is 4. The number of nitrogens with zero attached hydrogens (tertiary/aromatic N) is 2. The van der Waals surface area contributed by atoms with Crippen molar-refractivity contribution in [3.8, 4) is 0 Å². The molecule has 152 valence electrons. The number of nitrogens with one attached hydrogen (secondary N) is 1. The molecule has 2 saturated carbocycles. The van der Waals surface area contributed by atoms with Gasteiger partial charge in [-0.15, -0.1) is 0 Å². The molecule has 27 heavy (non-hydrogen) atoms. The van der Waals surface area contributed by atoms with Crippen molar-refractivity contribution in [3.05, 3.63) is 0 Å².